The minimum atomic E-state index is 0.151. The zero-order valence-corrected chi connectivity index (χ0v) is 12.6. The molecule has 4 nitrogen and oxygen atoms in total. The third-order valence-corrected chi connectivity index (χ3v) is 4.43. The van der Waals surface area contributed by atoms with E-state index < -0.39 is 0 Å². The lowest BCUT2D eigenvalue weighted by Gasteiger charge is -2.22. The molecule has 0 atom stereocenters. The molecule has 21 heavy (non-hydrogen) atoms. The molecule has 0 bridgehead atoms. The molecule has 2 aromatic rings. The molecule has 1 aromatic heterocycles. The van der Waals surface area contributed by atoms with Gasteiger partial charge >= 0.3 is 0 Å². The van der Waals surface area contributed by atoms with Crippen LogP contribution in [0.5, 0.6) is 0 Å². The Bertz CT molecular complexity index is 626. The Morgan fingerprint density at radius 2 is 2.14 bits per heavy atom. The van der Waals surface area contributed by atoms with Crippen molar-refractivity contribution in [2.24, 2.45) is 0 Å². The molecule has 4 heteroatoms. The Morgan fingerprint density at radius 1 is 1.33 bits per heavy atom. The number of amides is 1. The first kappa shape index (κ1) is 14.1. The Balaban J connectivity index is 1.58. The molecule has 0 unspecified atom stereocenters. The number of nitrogens with zero attached hydrogens (tertiary/aromatic N) is 2. The maximum absolute atomic E-state index is 12.1. The fourth-order valence-electron chi connectivity index (χ4n) is 3.18. The third-order valence-electron chi connectivity index (χ3n) is 4.43. The summed E-state index contributed by atoms with van der Waals surface area (Å²) in [7, 11) is 0. The molecule has 0 aliphatic heterocycles. The van der Waals surface area contributed by atoms with Crippen LogP contribution in [0, 0.1) is 6.92 Å². The van der Waals surface area contributed by atoms with Gasteiger partial charge in [0.1, 0.15) is 0 Å². The summed E-state index contributed by atoms with van der Waals surface area (Å²) >= 11 is 0. The highest BCUT2D eigenvalue weighted by Crippen LogP contribution is 2.19. The molecule has 112 valence electrons. The third kappa shape index (κ3) is 3.26. The molecule has 1 fully saturated rings. The number of nitrogens with one attached hydrogen (secondary N) is 1. The normalized spacial score (nSPS) is 16.2. The summed E-state index contributed by atoms with van der Waals surface area (Å²) in [5.41, 5.74) is 2.34. The predicted molar refractivity (Wildman–Crippen MR) is 84.1 cm³/mol. The SMILES string of the molecule is Cc1cccc2c1cnn2CCC(=O)NC1CCCCC1. The van der Waals surface area contributed by atoms with E-state index in [4.69, 9.17) is 0 Å². The van der Waals surface area contributed by atoms with E-state index in [1.807, 2.05) is 16.9 Å². The predicted octanol–water partition coefficient (Wildman–Crippen LogP) is 3.18. The summed E-state index contributed by atoms with van der Waals surface area (Å²) in [4.78, 5) is 12.1. The number of benzene rings is 1. The quantitative estimate of drug-likeness (QED) is 0.937. The van der Waals surface area contributed by atoms with Crippen LogP contribution in [0.4, 0.5) is 0 Å². The van der Waals surface area contributed by atoms with Gasteiger partial charge in [-0.05, 0) is 31.4 Å². The molecule has 0 saturated heterocycles. The Morgan fingerprint density at radius 3 is 2.95 bits per heavy atom. The molecule has 1 aromatic carbocycles. The van der Waals surface area contributed by atoms with Gasteiger partial charge in [-0.1, -0.05) is 31.4 Å². The Labute approximate surface area is 125 Å². The average Bonchev–Trinajstić information content (AvgIpc) is 2.91. The van der Waals surface area contributed by atoms with E-state index in [-0.39, 0.29) is 5.91 Å². The van der Waals surface area contributed by atoms with Crippen LogP contribution >= 0.6 is 0 Å². The monoisotopic (exact) mass is 285 g/mol. The minimum absolute atomic E-state index is 0.151. The number of carbonyl (C=O) groups is 1. The molecule has 1 amide bonds. The lowest BCUT2D eigenvalue weighted by Crippen LogP contribution is -2.36. The van der Waals surface area contributed by atoms with Gasteiger partial charge in [-0.25, -0.2) is 0 Å². The summed E-state index contributed by atoms with van der Waals surface area (Å²) in [6.07, 6.45) is 8.46. The number of hydrogen-bond donors (Lipinski definition) is 1. The highest BCUT2D eigenvalue weighted by atomic mass is 16.1. The van der Waals surface area contributed by atoms with Crippen LogP contribution in [0.15, 0.2) is 24.4 Å². The van der Waals surface area contributed by atoms with E-state index in [1.165, 1.54) is 30.2 Å². The second-order valence-corrected chi connectivity index (χ2v) is 6.03. The molecule has 3 rings (SSSR count). The standard InChI is InChI=1S/C17H23N3O/c1-13-6-5-9-16-15(13)12-18-20(16)11-10-17(21)19-14-7-3-2-4-8-14/h5-6,9,12,14H,2-4,7-8,10-11H2,1H3,(H,19,21). The van der Waals surface area contributed by atoms with Gasteiger partial charge in [-0.3, -0.25) is 9.48 Å². The van der Waals surface area contributed by atoms with Crippen molar-refractivity contribution in [2.45, 2.75) is 58.0 Å². The fourth-order valence-corrected chi connectivity index (χ4v) is 3.18. The summed E-state index contributed by atoms with van der Waals surface area (Å²) in [5, 5.41) is 8.74. The number of hydrogen-bond acceptors (Lipinski definition) is 2. The van der Waals surface area contributed by atoms with Crippen molar-refractivity contribution in [1.82, 2.24) is 15.1 Å². The minimum Gasteiger partial charge on any atom is -0.353 e. The zero-order chi connectivity index (χ0) is 14.7. The smallest absolute Gasteiger partial charge is 0.222 e. The van der Waals surface area contributed by atoms with Crippen molar-refractivity contribution in [2.75, 3.05) is 0 Å². The first-order valence-corrected chi connectivity index (χ1v) is 7.94. The Hall–Kier alpha value is -1.84. The number of rotatable bonds is 4. The molecule has 0 radical (unpaired) electrons. The van der Waals surface area contributed by atoms with Crippen LogP contribution in [0.25, 0.3) is 10.9 Å². The van der Waals surface area contributed by atoms with Gasteiger partial charge in [0, 0.05) is 17.8 Å². The topological polar surface area (TPSA) is 46.9 Å². The fraction of sp³-hybridized carbons (Fsp3) is 0.529. The van der Waals surface area contributed by atoms with Crippen LogP contribution in [-0.2, 0) is 11.3 Å². The van der Waals surface area contributed by atoms with Crippen molar-refractivity contribution < 1.29 is 4.79 Å². The van der Waals surface area contributed by atoms with E-state index in [2.05, 4.69) is 29.5 Å². The zero-order valence-electron chi connectivity index (χ0n) is 12.6. The largest absolute Gasteiger partial charge is 0.353 e. The van der Waals surface area contributed by atoms with Crippen molar-refractivity contribution in [3.63, 3.8) is 0 Å². The maximum Gasteiger partial charge on any atom is 0.222 e. The molecular formula is C17H23N3O. The van der Waals surface area contributed by atoms with Gasteiger partial charge in [-0.15, -0.1) is 0 Å². The molecule has 1 saturated carbocycles. The number of fused-ring (bicyclic) bond motifs is 1. The first-order chi connectivity index (χ1) is 10.2. The van der Waals surface area contributed by atoms with Gasteiger partial charge in [0.15, 0.2) is 0 Å². The van der Waals surface area contributed by atoms with Crippen LogP contribution in [0.3, 0.4) is 0 Å². The molecule has 1 aliphatic rings. The van der Waals surface area contributed by atoms with Crippen LogP contribution in [-0.4, -0.2) is 21.7 Å². The first-order valence-electron chi connectivity index (χ1n) is 7.94. The highest BCUT2D eigenvalue weighted by Gasteiger charge is 2.15. The van der Waals surface area contributed by atoms with Crippen molar-refractivity contribution in [3.8, 4) is 0 Å². The maximum atomic E-state index is 12.1. The summed E-state index contributed by atoms with van der Waals surface area (Å²) in [6.45, 7) is 2.73. The summed E-state index contributed by atoms with van der Waals surface area (Å²) in [6, 6.07) is 6.58. The second-order valence-electron chi connectivity index (χ2n) is 6.03. The molecule has 1 aliphatic carbocycles. The van der Waals surface area contributed by atoms with E-state index in [1.54, 1.807) is 0 Å². The number of aryl methyl sites for hydroxylation is 2. The summed E-state index contributed by atoms with van der Waals surface area (Å²) < 4.78 is 1.93. The van der Waals surface area contributed by atoms with Crippen molar-refractivity contribution >= 4 is 16.8 Å². The highest BCUT2D eigenvalue weighted by molar-refractivity contribution is 5.82. The second kappa shape index (κ2) is 6.29. The van der Waals surface area contributed by atoms with Crippen LogP contribution < -0.4 is 5.32 Å². The van der Waals surface area contributed by atoms with E-state index >= 15 is 0 Å². The van der Waals surface area contributed by atoms with E-state index in [9.17, 15) is 4.79 Å². The molecular weight excluding hydrogens is 262 g/mol. The van der Waals surface area contributed by atoms with Gasteiger partial charge in [0.05, 0.1) is 18.3 Å². The Kier molecular flexibility index (Phi) is 4.23. The lowest BCUT2D eigenvalue weighted by molar-refractivity contribution is -0.122. The van der Waals surface area contributed by atoms with E-state index in [0.717, 1.165) is 18.4 Å². The van der Waals surface area contributed by atoms with Crippen molar-refractivity contribution in [3.05, 3.63) is 30.0 Å². The molecule has 1 N–H and O–H groups in total. The number of carbonyl (C=O) groups excluding carboxylic acids is 1. The van der Waals surface area contributed by atoms with Crippen LogP contribution in [0.1, 0.15) is 44.1 Å². The number of aromatic nitrogens is 2. The lowest BCUT2D eigenvalue weighted by atomic mass is 9.95. The van der Waals surface area contributed by atoms with E-state index in [0.29, 0.717) is 19.0 Å². The van der Waals surface area contributed by atoms with Gasteiger partial charge < -0.3 is 5.32 Å². The van der Waals surface area contributed by atoms with Gasteiger partial charge in [0.25, 0.3) is 0 Å². The van der Waals surface area contributed by atoms with Gasteiger partial charge in [0.2, 0.25) is 5.91 Å². The van der Waals surface area contributed by atoms with Crippen LogP contribution in [0.2, 0.25) is 0 Å². The molecule has 0 spiro atoms. The average molecular weight is 285 g/mol. The van der Waals surface area contributed by atoms with Gasteiger partial charge in [-0.2, -0.15) is 5.10 Å². The van der Waals surface area contributed by atoms with Crippen molar-refractivity contribution in [1.29, 1.82) is 0 Å². The molecule has 1 heterocycles. The summed E-state index contributed by atoms with van der Waals surface area (Å²) in [5.74, 6) is 0.151.